The van der Waals surface area contributed by atoms with Crippen LogP contribution in [-0.2, 0) is 19.1 Å². The first kappa shape index (κ1) is 26.3. The highest BCUT2D eigenvalue weighted by molar-refractivity contribution is 5.86. The molecule has 2 amide bonds. The molecule has 0 saturated heterocycles. The van der Waals surface area contributed by atoms with E-state index >= 15 is 0 Å². The number of hydrogen-bond donors (Lipinski definition) is 3. The third-order valence-electron chi connectivity index (χ3n) is 5.98. The van der Waals surface area contributed by atoms with Crippen molar-refractivity contribution in [2.75, 3.05) is 13.2 Å². The lowest BCUT2D eigenvalue weighted by Gasteiger charge is -2.29. The lowest BCUT2D eigenvalue weighted by atomic mass is 9.95. The molecule has 2 atom stereocenters. The molecule has 180 valence electrons. The second-order valence-electron chi connectivity index (χ2n) is 8.58. The fourth-order valence-electron chi connectivity index (χ4n) is 4.10. The van der Waals surface area contributed by atoms with Crippen molar-refractivity contribution in [2.24, 2.45) is 5.92 Å². The molecule has 1 fully saturated rings. The molecular weight excluding hydrogens is 420 g/mol. The molecule has 3 N–H and O–H groups in total. The minimum Gasteiger partial charge on any atom is -0.456 e. The van der Waals surface area contributed by atoms with E-state index in [-0.39, 0.29) is 43.8 Å². The maximum absolute atomic E-state index is 12.9. The molecule has 33 heavy (non-hydrogen) atoms. The molecule has 0 spiro atoms. The fraction of sp³-hybridized carbons (Fsp3) is 0.500. The Kier molecular flexibility index (Phi) is 10.8. The number of rotatable bonds is 14. The highest BCUT2D eigenvalue weighted by atomic mass is 16.5. The van der Waals surface area contributed by atoms with Gasteiger partial charge in [-0.15, -0.1) is 13.2 Å². The van der Waals surface area contributed by atoms with Crippen LogP contribution in [0.5, 0.6) is 0 Å². The van der Waals surface area contributed by atoms with Crippen molar-refractivity contribution in [2.45, 2.75) is 63.0 Å². The summed E-state index contributed by atoms with van der Waals surface area (Å²) in [7, 11) is 0. The van der Waals surface area contributed by atoms with E-state index in [4.69, 9.17) is 4.74 Å². The molecule has 0 bridgehead atoms. The summed E-state index contributed by atoms with van der Waals surface area (Å²) in [6, 6.07) is 9.21. The highest BCUT2D eigenvalue weighted by Crippen LogP contribution is 2.29. The van der Waals surface area contributed by atoms with Crippen LogP contribution in [0.25, 0.3) is 0 Å². The number of carbonyl (C=O) groups excluding carboxylic acids is 3. The molecule has 1 aliphatic rings. The topological polar surface area (TPSA) is 105 Å². The molecule has 2 unspecified atom stereocenters. The van der Waals surface area contributed by atoms with E-state index in [1.807, 2.05) is 30.3 Å². The van der Waals surface area contributed by atoms with Gasteiger partial charge >= 0.3 is 5.97 Å². The first-order chi connectivity index (χ1) is 15.9. The van der Waals surface area contributed by atoms with Crippen LogP contribution in [0.2, 0.25) is 0 Å². The van der Waals surface area contributed by atoms with Crippen LogP contribution in [0.3, 0.4) is 0 Å². The summed E-state index contributed by atoms with van der Waals surface area (Å²) in [6.45, 7) is 7.31. The standard InChI is InChI=1S/C26H36N2O5/c1-3-5-14-24(31)33-22(20-12-7-6-8-13-20)18-27-25(32)21(11-4-2)17-23(30)28-26(19-29)15-9-10-16-26/h3-4,6-8,12-13,21-22,29H,1-2,5,9-11,14-19H2,(H,27,32)(H,28,30). The maximum Gasteiger partial charge on any atom is 0.306 e. The smallest absolute Gasteiger partial charge is 0.306 e. The average Bonchev–Trinajstić information content (AvgIpc) is 3.29. The van der Waals surface area contributed by atoms with Crippen molar-refractivity contribution in [3.05, 3.63) is 61.2 Å². The summed E-state index contributed by atoms with van der Waals surface area (Å²) in [4.78, 5) is 37.7. The van der Waals surface area contributed by atoms with Gasteiger partial charge in [0.2, 0.25) is 11.8 Å². The van der Waals surface area contributed by atoms with Crippen LogP contribution in [0, 0.1) is 5.92 Å². The Morgan fingerprint density at radius 2 is 1.82 bits per heavy atom. The quantitative estimate of drug-likeness (QED) is 0.294. The number of ether oxygens (including phenoxy) is 1. The van der Waals surface area contributed by atoms with Crippen LogP contribution in [0.15, 0.2) is 55.6 Å². The predicted molar refractivity (Wildman–Crippen MR) is 127 cm³/mol. The van der Waals surface area contributed by atoms with Crippen LogP contribution in [0.1, 0.15) is 63.0 Å². The monoisotopic (exact) mass is 456 g/mol. The first-order valence-electron chi connectivity index (χ1n) is 11.6. The van der Waals surface area contributed by atoms with Crippen molar-refractivity contribution in [3.63, 3.8) is 0 Å². The Bertz CT molecular complexity index is 802. The summed E-state index contributed by atoms with van der Waals surface area (Å²) < 4.78 is 5.60. The van der Waals surface area contributed by atoms with E-state index < -0.39 is 17.6 Å². The second kappa shape index (κ2) is 13.6. The highest BCUT2D eigenvalue weighted by Gasteiger charge is 2.35. The maximum atomic E-state index is 12.9. The Morgan fingerprint density at radius 1 is 1.12 bits per heavy atom. The van der Waals surface area contributed by atoms with E-state index in [9.17, 15) is 19.5 Å². The Morgan fingerprint density at radius 3 is 2.42 bits per heavy atom. The van der Waals surface area contributed by atoms with Gasteiger partial charge in [0.15, 0.2) is 0 Å². The normalized spacial score (nSPS) is 16.3. The molecule has 7 heteroatoms. The fourth-order valence-corrected chi connectivity index (χ4v) is 4.10. The summed E-state index contributed by atoms with van der Waals surface area (Å²) in [6.07, 6.45) is 7.08. The SMILES string of the molecule is C=CCCC(=O)OC(CNC(=O)C(CC=C)CC(=O)NC1(CO)CCCC1)c1ccccc1. The van der Waals surface area contributed by atoms with Crippen LogP contribution >= 0.6 is 0 Å². The number of amides is 2. The van der Waals surface area contributed by atoms with Gasteiger partial charge in [-0.05, 0) is 31.2 Å². The zero-order chi connectivity index (χ0) is 24.1. The van der Waals surface area contributed by atoms with Gasteiger partial charge in [0.05, 0.1) is 24.6 Å². The molecule has 0 aliphatic heterocycles. The molecule has 1 aromatic carbocycles. The van der Waals surface area contributed by atoms with E-state index in [1.54, 1.807) is 12.2 Å². The predicted octanol–water partition coefficient (Wildman–Crippen LogP) is 3.36. The number of allylic oxidation sites excluding steroid dienone is 2. The number of hydrogen-bond acceptors (Lipinski definition) is 5. The van der Waals surface area contributed by atoms with Gasteiger partial charge in [-0.25, -0.2) is 0 Å². The third-order valence-corrected chi connectivity index (χ3v) is 5.98. The molecule has 1 aliphatic carbocycles. The Hall–Kier alpha value is -2.93. The molecule has 1 saturated carbocycles. The van der Waals surface area contributed by atoms with Gasteiger partial charge in [0.1, 0.15) is 6.10 Å². The number of nitrogens with one attached hydrogen (secondary N) is 2. The van der Waals surface area contributed by atoms with Crippen LogP contribution in [-0.4, -0.2) is 41.6 Å². The summed E-state index contributed by atoms with van der Waals surface area (Å²) in [5.74, 6) is -1.54. The number of esters is 1. The van der Waals surface area contributed by atoms with Crippen molar-refractivity contribution in [1.29, 1.82) is 0 Å². The van der Waals surface area contributed by atoms with Crippen molar-refractivity contribution in [3.8, 4) is 0 Å². The molecule has 0 radical (unpaired) electrons. The second-order valence-corrected chi connectivity index (χ2v) is 8.58. The van der Waals surface area contributed by atoms with E-state index in [0.29, 0.717) is 12.8 Å². The minimum atomic E-state index is -0.637. The molecule has 0 aromatic heterocycles. The number of carbonyl (C=O) groups is 3. The van der Waals surface area contributed by atoms with Gasteiger partial charge < -0.3 is 20.5 Å². The zero-order valence-electron chi connectivity index (χ0n) is 19.3. The van der Waals surface area contributed by atoms with Crippen molar-refractivity contribution in [1.82, 2.24) is 10.6 Å². The summed E-state index contributed by atoms with van der Waals surface area (Å²) >= 11 is 0. The van der Waals surface area contributed by atoms with Gasteiger partial charge in [0, 0.05) is 12.8 Å². The van der Waals surface area contributed by atoms with Gasteiger partial charge in [-0.1, -0.05) is 55.3 Å². The van der Waals surface area contributed by atoms with Gasteiger partial charge in [-0.3, -0.25) is 14.4 Å². The van der Waals surface area contributed by atoms with Crippen molar-refractivity contribution < 1.29 is 24.2 Å². The van der Waals surface area contributed by atoms with E-state index in [0.717, 1.165) is 31.2 Å². The Labute approximate surface area is 196 Å². The van der Waals surface area contributed by atoms with E-state index in [2.05, 4.69) is 23.8 Å². The molecular formula is C26H36N2O5. The largest absolute Gasteiger partial charge is 0.456 e. The molecule has 2 rings (SSSR count). The number of aliphatic hydroxyl groups is 1. The Balaban J connectivity index is 1.99. The summed E-state index contributed by atoms with van der Waals surface area (Å²) in [5.41, 5.74) is 0.193. The average molecular weight is 457 g/mol. The molecule has 7 nitrogen and oxygen atoms in total. The lowest BCUT2D eigenvalue weighted by molar-refractivity contribution is -0.150. The number of aliphatic hydroxyl groups excluding tert-OH is 1. The lowest BCUT2D eigenvalue weighted by Crippen LogP contribution is -2.50. The molecule has 1 aromatic rings. The number of benzene rings is 1. The molecule has 0 heterocycles. The zero-order valence-corrected chi connectivity index (χ0v) is 19.3. The van der Waals surface area contributed by atoms with Crippen molar-refractivity contribution >= 4 is 17.8 Å². The minimum absolute atomic E-state index is 0.00523. The van der Waals surface area contributed by atoms with Crippen LogP contribution < -0.4 is 10.6 Å². The first-order valence-corrected chi connectivity index (χ1v) is 11.6. The summed E-state index contributed by atoms with van der Waals surface area (Å²) in [5, 5.41) is 15.5. The third kappa shape index (κ3) is 8.50. The van der Waals surface area contributed by atoms with E-state index in [1.165, 1.54) is 0 Å². The van der Waals surface area contributed by atoms with Gasteiger partial charge in [0.25, 0.3) is 0 Å². The van der Waals surface area contributed by atoms with Crippen LogP contribution in [0.4, 0.5) is 0 Å². The van der Waals surface area contributed by atoms with Gasteiger partial charge in [-0.2, -0.15) is 0 Å².